The normalized spacial score (nSPS) is 23.5. The second kappa shape index (κ2) is 17.0. The van der Waals surface area contributed by atoms with Crippen molar-refractivity contribution >= 4 is 46.8 Å². The fourth-order valence-corrected chi connectivity index (χ4v) is 7.76. The minimum Gasteiger partial charge on any atom is -0.444 e. The first-order valence-electron chi connectivity index (χ1n) is 18.4. The van der Waals surface area contributed by atoms with Gasteiger partial charge in [-0.15, -0.1) is 0 Å². The maximum absolute atomic E-state index is 12.3. The molecular weight excluding hydrogens is 731 g/mol. The van der Waals surface area contributed by atoms with E-state index in [4.69, 9.17) is 55.3 Å². The van der Waals surface area contributed by atoms with Crippen LogP contribution in [0.4, 0.5) is 21.0 Å². The number of carbonyl (C=O) groups is 2. The van der Waals surface area contributed by atoms with Crippen LogP contribution in [-0.2, 0) is 18.9 Å². The van der Waals surface area contributed by atoms with E-state index in [1.165, 1.54) is 0 Å². The number of piperazine rings is 2. The quantitative estimate of drug-likeness (QED) is 0.281. The Bertz CT molecular complexity index is 1670. The summed E-state index contributed by atoms with van der Waals surface area (Å²) < 4.78 is 23.2. The van der Waals surface area contributed by atoms with E-state index in [-0.39, 0.29) is 36.5 Å². The van der Waals surface area contributed by atoms with E-state index in [1.54, 1.807) is 21.9 Å². The molecule has 0 radical (unpaired) electrons. The Morgan fingerprint density at radius 3 is 1.37 bits per heavy atom. The molecule has 2 aromatic carbocycles. The first-order chi connectivity index (χ1) is 25.4. The van der Waals surface area contributed by atoms with Crippen molar-refractivity contribution in [3.05, 3.63) is 79.4 Å². The van der Waals surface area contributed by atoms with E-state index >= 15 is 0 Å². The summed E-state index contributed by atoms with van der Waals surface area (Å²) in [6.45, 7) is 36.4. The molecule has 54 heavy (non-hydrogen) atoms. The first kappa shape index (κ1) is 41.5. The Labute approximate surface area is 329 Å². The highest BCUT2D eigenvalue weighted by Crippen LogP contribution is 2.38. The number of benzene rings is 2. The van der Waals surface area contributed by atoms with Crippen LogP contribution in [0, 0.1) is 27.0 Å². The van der Waals surface area contributed by atoms with Crippen molar-refractivity contribution < 1.29 is 28.5 Å². The average Bonchev–Trinajstić information content (AvgIpc) is 3.10. The Balaban J connectivity index is 0.000000208. The summed E-state index contributed by atoms with van der Waals surface area (Å²) in [6.07, 6.45) is -0.710. The van der Waals surface area contributed by atoms with Crippen LogP contribution in [0.15, 0.2) is 24.3 Å². The van der Waals surface area contributed by atoms with Crippen molar-refractivity contribution in [2.45, 2.75) is 90.9 Å². The van der Waals surface area contributed by atoms with E-state index < -0.39 is 11.2 Å². The monoisotopic (exact) mass is 782 g/mol. The van der Waals surface area contributed by atoms with Crippen LogP contribution in [0.25, 0.3) is 9.69 Å². The molecule has 292 valence electrons. The SMILES string of the molecule is [C-]#[N+]c1c(Cl)ccc([C@@H]2CN3CCN(C(=O)OC(C)(C)C)C[C@H]3CO2)c1C.[C-]#[N+]c1c(Cl)ccc([C@H]2CN3CCN(C(=O)OC(C)(C)C)C[C@H]3CO2)c1C. The van der Waals surface area contributed by atoms with Crippen LogP contribution in [0.1, 0.15) is 76.0 Å². The standard InChI is InChI=1S/2C20H26ClN3O3/c2*1-13-15(6-7-16(21)18(13)22-5)17-11-23-8-9-24(10-14(23)12-26-17)19(25)27-20(2,3)4/h2*6-7,14,17H,8-12H2,1-4H3/t14-,17+;14-,17-/m00/s1. The third kappa shape index (κ3) is 9.97. The van der Waals surface area contributed by atoms with Gasteiger partial charge < -0.3 is 28.7 Å². The van der Waals surface area contributed by atoms with Crippen LogP contribution in [0.5, 0.6) is 0 Å². The summed E-state index contributed by atoms with van der Waals surface area (Å²) in [5, 5.41) is 0.955. The zero-order chi connectivity index (χ0) is 39.5. The van der Waals surface area contributed by atoms with Crippen LogP contribution < -0.4 is 0 Å². The van der Waals surface area contributed by atoms with Crippen molar-refractivity contribution in [1.29, 1.82) is 0 Å². The lowest BCUT2D eigenvalue weighted by molar-refractivity contribution is -0.0909. The van der Waals surface area contributed by atoms with Crippen LogP contribution in [0.2, 0.25) is 10.0 Å². The summed E-state index contributed by atoms with van der Waals surface area (Å²) in [6, 6.07) is 7.77. The number of fused-ring (bicyclic) bond motifs is 2. The predicted octanol–water partition coefficient (Wildman–Crippen LogP) is 8.38. The molecule has 4 aliphatic heterocycles. The molecule has 0 spiro atoms. The van der Waals surface area contributed by atoms with Gasteiger partial charge >= 0.3 is 12.2 Å². The molecule has 0 saturated carbocycles. The smallest absolute Gasteiger partial charge is 0.410 e. The van der Waals surface area contributed by atoms with Gasteiger partial charge in [0.1, 0.15) is 11.2 Å². The number of hydrogen-bond donors (Lipinski definition) is 0. The van der Waals surface area contributed by atoms with Crippen molar-refractivity contribution in [3.8, 4) is 0 Å². The van der Waals surface area contributed by atoms with Gasteiger partial charge in [-0.05, 0) is 77.6 Å². The molecule has 4 fully saturated rings. The molecule has 0 bridgehead atoms. The number of rotatable bonds is 2. The van der Waals surface area contributed by atoms with Gasteiger partial charge in [-0.3, -0.25) is 9.80 Å². The number of nitrogens with zero attached hydrogens (tertiary/aromatic N) is 6. The molecule has 0 aromatic heterocycles. The number of morpholine rings is 2. The Morgan fingerprint density at radius 2 is 1.04 bits per heavy atom. The molecule has 0 aliphatic carbocycles. The number of halogens is 2. The van der Waals surface area contributed by atoms with Gasteiger partial charge in [-0.1, -0.05) is 47.5 Å². The van der Waals surface area contributed by atoms with Crippen molar-refractivity contribution in [3.63, 3.8) is 0 Å². The molecule has 2 amide bonds. The molecule has 4 heterocycles. The first-order valence-corrected chi connectivity index (χ1v) is 19.1. The topological polar surface area (TPSA) is 92.7 Å². The summed E-state index contributed by atoms with van der Waals surface area (Å²) >= 11 is 12.3. The predicted molar refractivity (Wildman–Crippen MR) is 209 cm³/mol. The Morgan fingerprint density at radius 1 is 0.667 bits per heavy atom. The lowest BCUT2D eigenvalue weighted by atomic mass is 9.98. The molecule has 4 atom stereocenters. The molecular formula is C40H52Cl2N6O6. The lowest BCUT2D eigenvalue weighted by Gasteiger charge is -2.46. The Kier molecular flexibility index (Phi) is 13.1. The maximum atomic E-state index is 12.3. The number of amides is 2. The highest BCUT2D eigenvalue weighted by Gasteiger charge is 2.39. The third-order valence-corrected chi connectivity index (χ3v) is 10.7. The summed E-state index contributed by atoms with van der Waals surface area (Å²) in [5.74, 6) is 0. The second-order valence-corrected chi connectivity index (χ2v) is 17.1. The van der Waals surface area contributed by atoms with Gasteiger partial charge in [0.2, 0.25) is 11.4 Å². The second-order valence-electron chi connectivity index (χ2n) is 16.2. The van der Waals surface area contributed by atoms with Gasteiger partial charge in [-0.2, -0.15) is 0 Å². The number of ether oxygens (including phenoxy) is 4. The molecule has 0 N–H and O–H groups in total. The van der Waals surface area contributed by atoms with E-state index in [1.807, 2.05) is 67.5 Å². The van der Waals surface area contributed by atoms with Crippen molar-refractivity contribution in [2.75, 3.05) is 65.6 Å². The van der Waals surface area contributed by atoms with Gasteiger partial charge in [0, 0.05) is 62.4 Å². The van der Waals surface area contributed by atoms with Gasteiger partial charge in [0.05, 0.1) is 50.6 Å². The lowest BCUT2D eigenvalue weighted by Crippen LogP contribution is -2.60. The van der Waals surface area contributed by atoms with Gasteiger partial charge in [0.25, 0.3) is 0 Å². The van der Waals surface area contributed by atoms with Gasteiger partial charge in [0.15, 0.2) is 0 Å². The average molecular weight is 784 g/mol. The van der Waals surface area contributed by atoms with Crippen molar-refractivity contribution in [1.82, 2.24) is 19.6 Å². The number of carbonyl (C=O) groups excluding carboxylic acids is 2. The Hall–Kier alpha value is -3.62. The minimum atomic E-state index is -0.491. The molecule has 2 aromatic rings. The van der Waals surface area contributed by atoms with Gasteiger partial charge in [-0.25, -0.2) is 19.3 Å². The van der Waals surface area contributed by atoms with Crippen LogP contribution >= 0.6 is 23.2 Å². The molecule has 6 rings (SSSR count). The van der Waals surface area contributed by atoms with Crippen LogP contribution in [0.3, 0.4) is 0 Å². The summed E-state index contributed by atoms with van der Waals surface area (Å²) in [7, 11) is 0. The zero-order valence-electron chi connectivity index (χ0n) is 32.6. The fraction of sp³-hybridized carbons (Fsp3) is 0.600. The highest BCUT2D eigenvalue weighted by atomic mass is 35.5. The third-order valence-electron chi connectivity index (χ3n) is 10.1. The molecule has 12 nitrogen and oxygen atoms in total. The van der Waals surface area contributed by atoms with E-state index in [9.17, 15) is 9.59 Å². The largest absolute Gasteiger partial charge is 0.444 e. The molecule has 14 heteroatoms. The highest BCUT2D eigenvalue weighted by molar-refractivity contribution is 6.33. The molecule has 4 saturated heterocycles. The zero-order valence-corrected chi connectivity index (χ0v) is 34.1. The van der Waals surface area contributed by atoms with E-state index in [2.05, 4.69) is 19.5 Å². The fourth-order valence-electron chi connectivity index (χ4n) is 7.27. The van der Waals surface area contributed by atoms with Crippen LogP contribution in [-0.4, -0.2) is 121 Å². The summed E-state index contributed by atoms with van der Waals surface area (Å²) in [4.78, 5) is 40.0. The maximum Gasteiger partial charge on any atom is 0.410 e. The molecule has 4 aliphatic rings. The van der Waals surface area contributed by atoms with Crippen molar-refractivity contribution in [2.24, 2.45) is 0 Å². The van der Waals surface area contributed by atoms with E-state index in [0.717, 1.165) is 48.4 Å². The van der Waals surface area contributed by atoms with E-state index in [0.29, 0.717) is 60.8 Å². The minimum absolute atomic E-state index is 0.0907. The number of hydrogen-bond acceptors (Lipinski definition) is 8. The summed E-state index contributed by atoms with van der Waals surface area (Å²) in [5.41, 5.74) is 3.80. The molecule has 0 unspecified atom stereocenters.